The van der Waals surface area contributed by atoms with Gasteiger partial charge in [-0.1, -0.05) is 44.2 Å². The molecule has 1 aliphatic rings. The summed E-state index contributed by atoms with van der Waals surface area (Å²) in [6.07, 6.45) is 3.18. The largest absolute Gasteiger partial charge is 0.350 e. The second-order valence-corrected chi connectivity index (χ2v) is 11.0. The summed E-state index contributed by atoms with van der Waals surface area (Å²) in [5.74, 6) is -0.916. The van der Waals surface area contributed by atoms with E-state index in [4.69, 9.17) is 0 Å². The van der Waals surface area contributed by atoms with Gasteiger partial charge >= 0.3 is 0 Å². The van der Waals surface area contributed by atoms with E-state index in [0.29, 0.717) is 0 Å². The molecule has 0 unspecified atom stereocenters. The van der Waals surface area contributed by atoms with Crippen LogP contribution in [0.3, 0.4) is 0 Å². The van der Waals surface area contributed by atoms with E-state index in [2.05, 4.69) is 15.5 Å². The summed E-state index contributed by atoms with van der Waals surface area (Å²) in [6.45, 7) is 5.54. The predicted molar refractivity (Wildman–Crippen MR) is 133 cm³/mol. The Hall–Kier alpha value is -3.57. The minimum Gasteiger partial charge on any atom is -0.350 e. The van der Waals surface area contributed by atoms with Crippen LogP contribution in [0.25, 0.3) is 5.69 Å². The van der Waals surface area contributed by atoms with Crippen molar-refractivity contribution in [1.82, 2.24) is 29.5 Å². The van der Waals surface area contributed by atoms with Crippen molar-refractivity contribution in [3.63, 3.8) is 0 Å². The first-order chi connectivity index (χ1) is 17.2. The highest BCUT2D eigenvalue weighted by molar-refractivity contribution is 7.89. The normalized spacial score (nSPS) is 18.8. The maximum atomic E-state index is 13.4. The van der Waals surface area contributed by atoms with Crippen LogP contribution >= 0.6 is 0 Å². The van der Waals surface area contributed by atoms with Crippen LogP contribution in [-0.4, -0.2) is 69.6 Å². The highest BCUT2D eigenvalue weighted by Crippen LogP contribution is 2.25. The molecule has 2 amide bonds. The second-order valence-electron chi connectivity index (χ2n) is 9.10. The van der Waals surface area contributed by atoms with Crippen molar-refractivity contribution in [3.05, 3.63) is 72.6 Å². The van der Waals surface area contributed by atoms with Gasteiger partial charge in [0.2, 0.25) is 21.8 Å². The number of hydrogen-bond donors (Lipinski definition) is 1. The number of piperazine rings is 1. The van der Waals surface area contributed by atoms with Gasteiger partial charge in [0.05, 0.1) is 23.0 Å². The minimum atomic E-state index is -3.82. The number of carbonyl (C=O) groups excluding carboxylic acids is 2. The highest BCUT2D eigenvalue weighted by Gasteiger charge is 2.43. The van der Waals surface area contributed by atoms with Crippen molar-refractivity contribution < 1.29 is 18.0 Å². The summed E-state index contributed by atoms with van der Waals surface area (Å²) in [5, 5.41) is 11.1. The molecule has 2 aromatic carbocycles. The molecule has 1 N–H and O–H groups in total. The maximum Gasteiger partial charge on any atom is 0.244 e. The monoisotopic (exact) mass is 510 g/mol. The third-order valence-electron chi connectivity index (χ3n) is 6.14. The molecule has 0 spiro atoms. The molecule has 11 heteroatoms. The number of hydrogen-bond acceptors (Lipinski definition) is 6. The highest BCUT2D eigenvalue weighted by atomic mass is 32.2. The molecule has 1 aliphatic heterocycles. The molecule has 2 atom stereocenters. The van der Waals surface area contributed by atoms with Crippen molar-refractivity contribution in [3.8, 4) is 5.69 Å². The number of benzene rings is 2. The zero-order chi connectivity index (χ0) is 25.9. The van der Waals surface area contributed by atoms with Crippen molar-refractivity contribution in [2.45, 2.75) is 44.3 Å². The molecular weight excluding hydrogens is 480 g/mol. The SMILES string of the molecule is CC(C)C(=O)N1[C@H](C)CN(S(=O)(=O)c2ccccc2)C[C@@H]1C(=O)NCc1ccc(-n2nccn2)cc1. The predicted octanol–water partition coefficient (Wildman–Crippen LogP) is 1.83. The van der Waals surface area contributed by atoms with E-state index in [1.807, 2.05) is 24.3 Å². The third-order valence-corrected chi connectivity index (χ3v) is 7.99. The van der Waals surface area contributed by atoms with Crippen molar-refractivity contribution in [1.29, 1.82) is 0 Å². The molecule has 3 aromatic rings. The van der Waals surface area contributed by atoms with Crippen molar-refractivity contribution in [2.24, 2.45) is 5.92 Å². The zero-order valence-corrected chi connectivity index (χ0v) is 21.3. The van der Waals surface area contributed by atoms with Gasteiger partial charge in [-0.25, -0.2) is 8.42 Å². The van der Waals surface area contributed by atoms with Gasteiger partial charge in [-0.3, -0.25) is 9.59 Å². The Balaban J connectivity index is 1.53. The Kier molecular flexibility index (Phi) is 7.51. The van der Waals surface area contributed by atoms with Gasteiger partial charge in [0, 0.05) is 31.6 Å². The van der Waals surface area contributed by atoms with Crippen molar-refractivity contribution in [2.75, 3.05) is 13.1 Å². The van der Waals surface area contributed by atoms with Gasteiger partial charge in [0.15, 0.2) is 0 Å². The smallest absolute Gasteiger partial charge is 0.244 e. The fourth-order valence-corrected chi connectivity index (χ4v) is 5.81. The minimum absolute atomic E-state index is 0.113. The van der Waals surface area contributed by atoms with Gasteiger partial charge in [0.1, 0.15) is 6.04 Å². The van der Waals surface area contributed by atoms with Crippen LogP contribution in [0.4, 0.5) is 0 Å². The number of carbonyl (C=O) groups is 2. The number of sulfonamides is 1. The van der Waals surface area contributed by atoms with Gasteiger partial charge in [0.25, 0.3) is 0 Å². The van der Waals surface area contributed by atoms with Crippen LogP contribution in [0.15, 0.2) is 71.9 Å². The third kappa shape index (κ3) is 5.31. The summed E-state index contributed by atoms with van der Waals surface area (Å²) in [7, 11) is -3.82. The van der Waals surface area contributed by atoms with E-state index in [1.54, 1.807) is 51.4 Å². The Labute approximate surface area is 211 Å². The quantitative estimate of drug-likeness (QED) is 0.518. The summed E-state index contributed by atoms with van der Waals surface area (Å²) in [4.78, 5) is 29.6. The maximum absolute atomic E-state index is 13.4. The molecule has 190 valence electrons. The lowest BCUT2D eigenvalue weighted by atomic mass is 10.0. The van der Waals surface area contributed by atoms with Crippen LogP contribution in [0.1, 0.15) is 26.3 Å². The topological polar surface area (TPSA) is 118 Å². The molecule has 0 aliphatic carbocycles. The zero-order valence-electron chi connectivity index (χ0n) is 20.5. The number of nitrogens with zero attached hydrogens (tertiary/aromatic N) is 5. The fourth-order valence-electron chi connectivity index (χ4n) is 4.26. The summed E-state index contributed by atoms with van der Waals surface area (Å²) < 4.78 is 27.9. The standard InChI is InChI=1S/C25H30N6O4S/c1-18(2)25(33)30-19(3)16-29(36(34,35)22-7-5-4-6-8-22)17-23(30)24(32)26-15-20-9-11-21(12-10-20)31-27-13-14-28-31/h4-14,18-19,23H,15-17H2,1-3H3,(H,26,32)/t19-,23-/m1/s1. The lowest BCUT2D eigenvalue weighted by Crippen LogP contribution is -2.65. The number of aromatic nitrogens is 3. The molecule has 4 rings (SSSR count). The van der Waals surface area contributed by atoms with E-state index < -0.39 is 28.0 Å². The van der Waals surface area contributed by atoms with Gasteiger partial charge in [-0.2, -0.15) is 19.3 Å². The molecule has 0 bridgehead atoms. The lowest BCUT2D eigenvalue weighted by molar-refractivity contribution is -0.148. The molecule has 1 saturated heterocycles. The van der Waals surface area contributed by atoms with E-state index in [0.717, 1.165) is 11.3 Å². The fraction of sp³-hybridized carbons (Fsp3) is 0.360. The van der Waals surface area contributed by atoms with Crippen LogP contribution in [0.5, 0.6) is 0 Å². The first-order valence-corrected chi connectivity index (χ1v) is 13.2. The van der Waals surface area contributed by atoms with Gasteiger partial charge < -0.3 is 10.2 Å². The van der Waals surface area contributed by atoms with E-state index in [1.165, 1.54) is 26.1 Å². The van der Waals surface area contributed by atoms with Crippen molar-refractivity contribution >= 4 is 21.8 Å². The Morgan fingerprint density at radius 3 is 2.25 bits per heavy atom. The number of nitrogens with one attached hydrogen (secondary N) is 1. The summed E-state index contributed by atoms with van der Waals surface area (Å²) in [6, 6.07) is 14.1. The van der Waals surface area contributed by atoms with Gasteiger partial charge in [-0.05, 0) is 36.8 Å². The average Bonchev–Trinajstić information content (AvgIpc) is 3.42. The summed E-state index contributed by atoms with van der Waals surface area (Å²) in [5.41, 5.74) is 1.63. The van der Waals surface area contributed by atoms with Crippen LogP contribution < -0.4 is 5.32 Å². The van der Waals surface area contributed by atoms with Gasteiger partial charge in [-0.15, -0.1) is 0 Å². The van der Waals surface area contributed by atoms with E-state index in [9.17, 15) is 18.0 Å². The lowest BCUT2D eigenvalue weighted by Gasteiger charge is -2.44. The Morgan fingerprint density at radius 1 is 1.00 bits per heavy atom. The number of rotatable bonds is 7. The van der Waals surface area contributed by atoms with E-state index in [-0.39, 0.29) is 36.4 Å². The molecule has 0 radical (unpaired) electrons. The molecule has 2 heterocycles. The van der Waals surface area contributed by atoms with Crippen LogP contribution in [0.2, 0.25) is 0 Å². The second kappa shape index (κ2) is 10.6. The molecule has 1 aromatic heterocycles. The molecule has 0 saturated carbocycles. The molecule has 1 fully saturated rings. The average molecular weight is 511 g/mol. The summed E-state index contributed by atoms with van der Waals surface area (Å²) >= 11 is 0. The Bertz CT molecular complexity index is 1290. The van der Waals surface area contributed by atoms with Crippen LogP contribution in [0, 0.1) is 5.92 Å². The molecular formula is C25H30N6O4S. The molecule has 36 heavy (non-hydrogen) atoms. The first-order valence-electron chi connectivity index (χ1n) is 11.8. The number of amides is 2. The Morgan fingerprint density at radius 2 is 1.64 bits per heavy atom. The van der Waals surface area contributed by atoms with E-state index >= 15 is 0 Å². The first kappa shape index (κ1) is 25.5. The molecule has 10 nitrogen and oxygen atoms in total. The van der Waals surface area contributed by atoms with Crippen LogP contribution in [-0.2, 0) is 26.2 Å².